The zero-order valence-corrected chi connectivity index (χ0v) is 24.7. The first-order chi connectivity index (χ1) is 22.2. The predicted molar refractivity (Wildman–Crippen MR) is 188 cm³/mol. The van der Waals surface area contributed by atoms with Crippen molar-refractivity contribution < 1.29 is 0 Å². The first-order valence-corrected chi connectivity index (χ1v) is 15.5. The van der Waals surface area contributed by atoms with Crippen molar-refractivity contribution in [3.63, 3.8) is 0 Å². The van der Waals surface area contributed by atoms with Crippen molar-refractivity contribution >= 4 is 30.4 Å². The van der Waals surface area contributed by atoms with E-state index in [9.17, 15) is 0 Å². The molecule has 0 atom stereocenters. The third-order valence-electron chi connectivity index (χ3n) is 9.63. The lowest BCUT2D eigenvalue weighted by atomic mass is 9.70. The second kappa shape index (κ2) is 9.97. The lowest BCUT2D eigenvalue weighted by Gasteiger charge is -2.32. The molecular weight excluding hydrogens is 541 g/mol. The zero-order chi connectivity index (χ0) is 30.0. The molecule has 2 aliphatic rings. The van der Waals surface area contributed by atoms with Gasteiger partial charge in [0, 0.05) is 17.1 Å². The molecular formula is C43H28BN. The van der Waals surface area contributed by atoms with Gasteiger partial charge in [-0.15, -0.1) is 0 Å². The maximum atomic E-state index is 6.43. The molecule has 0 bridgehead atoms. The van der Waals surface area contributed by atoms with Gasteiger partial charge in [0.15, 0.2) is 0 Å². The summed E-state index contributed by atoms with van der Waals surface area (Å²) in [6.45, 7) is 0. The fourth-order valence-corrected chi connectivity index (χ4v) is 7.82. The van der Waals surface area contributed by atoms with Crippen LogP contribution in [0.4, 0.5) is 17.1 Å². The van der Waals surface area contributed by atoms with Crippen molar-refractivity contribution in [1.29, 1.82) is 0 Å². The molecule has 0 aromatic heterocycles. The number of benzene rings is 7. The predicted octanol–water partition coefficient (Wildman–Crippen LogP) is 9.96. The normalized spacial score (nSPS) is 13.2. The highest BCUT2D eigenvalue weighted by molar-refractivity contribution is 6.35. The van der Waals surface area contributed by atoms with Crippen LogP contribution in [0.1, 0.15) is 22.3 Å². The summed E-state index contributed by atoms with van der Waals surface area (Å²) in [6.07, 6.45) is 0. The van der Waals surface area contributed by atoms with Gasteiger partial charge in [0.05, 0.1) is 5.41 Å². The second-order valence-electron chi connectivity index (χ2n) is 11.9. The van der Waals surface area contributed by atoms with E-state index in [0.29, 0.717) is 0 Å². The van der Waals surface area contributed by atoms with E-state index >= 15 is 0 Å². The van der Waals surface area contributed by atoms with Crippen molar-refractivity contribution in [2.45, 2.75) is 5.41 Å². The lowest BCUT2D eigenvalue weighted by molar-refractivity contribution is 0.793. The topological polar surface area (TPSA) is 3.24 Å². The summed E-state index contributed by atoms with van der Waals surface area (Å²) in [5.41, 5.74) is 16.4. The van der Waals surface area contributed by atoms with E-state index < -0.39 is 5.41 Å². The molecule has 2 aliphatic carbocycles. The van der Waals surface area contributed by atoms with Crippen molar-refractivity contribution in [2.75, 3.05) is 4.90 Å². The number of fused-ring (bicyclic) bond motifs is 10. The van der Waals surface area contributed by atoms with Gasteiger partial charge in [-0.1, -0.05) is 139 Å². The largest absolute Gasteiger partial charge is 0.310 e. The highest BCUT2D eigenvalue weighted by Gasteiger charge is 2.51. The molecule has 7 aromatic rings. The van der Waals surface area contributed by atoms with Gasteiger partial charge in [-0.2, -0.15) is 0 Å². The molecule has 1 spiro atoms. The molecule has 208 valence electrons. The minimum Gasteiger partial charge on any atom is -0.310 e. The van der Waals surface area contributed by atoms with E-state index in [2.05, 4.69) is 157 Å². The molecule has 45 heavy (non-hydrogen) atoms. The molecule has 0 unspecified atom stereocenters. The van der Waals surface area contributed by atoms with Crippen LogP contribution in [0.15, 0.2) is 170 Å². The van der Waals surface area contributed by atoms with E-state index in [1.165, 1.54) is 44.5 Å². The minimum absolute atomic E-state index is 0.391. The third-order valence-corrected chi connectivity index (χ3v) is 9.63. The average Bonchev–Trinajstić information content (AvgIpc) is 3.56. The van der Waals surface area contributed by atoms with Crippen molar-refractivity contribution in [3.8, 4) is 33.4 Å². The van der Waals surface area contributed by atoms with Crippen LogP contribution in [0.25, 0.3) is 33.4 Å². The summed E-state index contributed by atoms with van der Waals surface area (Å²) in [5, 5.41) is 0. The highest BCUT2D eigenvalue weighted by atomic mass is 15.1. The maximum Gasteiger partial charge on any atom is 0.114 e. The molecule has 0 fully saturated rings. The Kier molecular flexibility index (Phi) is 5.73. The molecule has 9 rings (SSSR count). The summed E-state index contributed by atoms with van der Waals surface area (Å²) in [7, 11) is 6.43. The zero-order valence-electron chi connectivity index (χ0n) is 24.7. The molecule has 0 heterocycles. The van der Waals surface area contributed by atoms with Crippen LogP contribution >= 0.6 is 0 Å². The van der Waals surface area contributed by atoms with Gasteiger partial charge in [-0.3, -0.25) is 0 Å². The van der Waals surface area contributed by atoms with Crippen molar-refractivity contribution in [3.05, 3.63) is 192 Å². The fourth-order valence-electron chi connectivity index (χ4n) is 7.82. The maximum absolute atomic E-state index is 6.43. The first-order valence-electron chi connectivity index (χ1n) is 15.5. The lowest BCUT2D eigenvalue weighted by Crippen LogP contribution is -2.26. The highest BCUT2D eigenvalue weighted by Crippen LogP contribution is 2.63. The van der Waals surface area contributed by atoms with Crippen LogP contribution < -0.4 is 10.4 Å². The van der Waals surface area contributed by atoms with Crippen LogP contribution in [0, 0.1) is 0 Å². The number of hydrogen-bond donors (Lipinski definition) is 0. The molecule has 0 saturated heterocycles. The van der Waals surface area contributed by atoms with E-state index in [-0.39, 0.29) is 0 Å². The van der Waals surface area contributed by atoms with Crippen LogP contribution in [0.3, 0.4) is 0 Å². The van der Waals surface area contributed by atoms with Gasteiger partial charge in [0.2, 0.25) is 0 Å². The van der Waals surface area contributed by atoms with Gasteiger partial charge in [0.25, 0.3) is 0 Å². The Morgan fingerprint density at radius 1 is 0.356 bits per heavy atom. The summed E-state index contributed by atoms with van der Waals surface area (Å²) in [6, 6.07) is 61.4. The van der Waals surface area contributed by atoms with Gasteiger partial charge < -0.3 is 4.90 Å². The molecule has 0 N–H and O–H groups in total. The fraction of sp³-hybridized carbons (Fsp3) is 0.0233. The molecule has 0 amide bonds. The van der Waals surface area contributed by atoms with E-state index in [1.807, 2.05) is 18.2 Å². The molecule has 0 aliphatic heterocycles. The Bertz CT molecular complexity index is 2190. The first kappa shape index (κ1) is 25.9. The van der Waals surface area contributed by atoms with E-state index in [0.717, 1.165) is 33.7 Å². The Labute approximate surface area is 265 Å². The molecule has 1 nitrogen and oxygen atoms in total. The van der Waals surface area contributed by atoms with Crippen LogP contribution in [0.2, 0.25) is 0 Å². The van der Waals surface area contributed by atoms with Crippen molar-refractivity contribution in [1.82, 2.24) is 0 Å². The van der Waals surface area contributed by atoms with Gasteiger partial charge in [-0.05, 0) is 92.0 Å². The summed E-state index contributed by atoms with van der Waals surface area (Å²) in [5.74, 6) is 0. The summed E-state index contributed by atoms with van der Waals surface area (Å²) < 4.78 is 0. The quantitative estimate of drug-likeness (QED) is 0.191. The van der Waals surface area contributed by atoms with Gasteiger partial charge in [0.1, 0.15) is 7.85 Å². The van der Waals surface area contributed by atoms with Gasteiger partial charge in [-0.25, -0.2) is 0 Å². The Balaban J connectivity index is 1.31. The number of para-hydroxylation sites is 1. The molecule has 7 aromatic carbocycles. The number of nitrogens with zero attached hydrogens (tertiary/aromatic N) is 1. The monoisotopic (exact) mass is 569 g/mol. The Hall–Kier alpha value is -5.60. The van der Waals surface area contributed by atoms with Crippen LogP contribution in [-0.4, -0.2) is 7.85 Å². The van der Waals surface area contributed by atoms with Crippen LogP contribution in [-0.2, 0) is 5.41 Å². The molecule has 2 radical (unpaired) electrons. The van der Waals surface area contributed by atoms with Gasteiger partial charge >= 0.3 is 0 Å². The standard InChI is InChI=1S/C43H28BN/c44-42-24-11-7-17-33(42)29-13-12-16-31(27-29)45(30-14-2-1-3-15-30)32-25-26-37-36-20-6-10-23-40(36)43(41(37)28-32)38-21-8-4-18-34(38)35-19-5-9-22-39(35)43/h1-28H. The SMILES string of the molecule is [B]c1ccccc1-c1cccc(N(c2ccccc2)c2ccc3c(c2)C2(c4ccccc4-c4ccccc42)c2ccccc2-3)c1. The van der Waals surface area contributed by atoms with Crippen molar-refractivity contribution in [2.24, 2.45) is 0 Å². The number of rotatable bonds is 4. The molecule has 2 heteroatoms. The summed E-state index contributed by atoms with van der Waals surface area (Å²) >= 11 is 0. The second-order valence-corrected chi connectivity index (χ2v) is 11.9. The third kappa shape index (κ3) is 3.69. The summed E-state index contributed by atoms with van der Waals surface area (Å²) in [4.78, 5) is 2.37. The number of anilines is 3. The number of hydrogen-bond acceptors (Lipinski definition) is 1. The minimum atomic E-state index is -0.391. The smallest absolute Gasteiger partial charge is 0.114 e. The average molecular weight is 570 g/mol. The van der Waals surface area contributed by atoms with E-state index in [1.54, 1.807) is 0 Å². The molecule has 0 saturated carbocycles. The van der Waals surface area contributed by atoms with E-state index in [4.69, 9.17) is 7.85 Å². The Morgan fingerprint density at radius 3 is 1.47 bits per heavy atom. The Morgan fingerprint density at radius 2 is 0.844 bits per heavy atom. The van der Waals surface area contributed by atoms with Crippen LogP contribution in [0.5, 0.6) is 0 Å².